The summed E-state index contributed by atoms with van der Waals surface area (Å²) < 4.78 is 15.0. The molecule has 0 fully saturated rings. The summed E-state index contributed by atoms with van der Waals surface area (Å²) in [5.74, 6) is 5.42. The number of benzene rings is 2. The van der Waals surface area contributed by atoms with Gasteiger partial charge in [0.1, 0.15) is 5.82 Å². The lowest BCUT2D eigenvalue weighted by Crippen LogP contribution is -2.30. The number of nitrogens with two attached hydrogens (primary N) is 1. The zero-order chi connectivity index (χ0) is 14.7. The summed E-state index contributed by atoms with van der Waals surface area (Å²) in [6, 6.07) is 11.0. The van der Waals surface area contributed by atoms with Crippen LogP contribution in [0.3, 0.4) is 0 Å². The van der Waals surface area contributed by atoms with E-state index in [1.165, 1.54) is 6.07 Å². The van der Waals surface area contributed by atoms with Gasteiger partial charge >= 0.3 is 0 Å². The summed E-state index contributed by atoms with van der Waals surface area (Å²) in [5, 5.41) is 0. The van der Waals surface area contributed by atoms with Gasteiger partial charge < -0.3 is 0 Å². The Hall–Kier alpha value is -0.750. The Morgan fingerprint density at radius 1 is 1.25 bits per heavy atom. The van der Waals surface area contributed by atoms with Crippen molar-refractivity contribution in [2.45, 2.75) is 19.4 Å². The van der Waals surface area contributed by atoms with Crippen molar-refractivity contribution in [1.29, 1.82) is 0 Å². The predicted molar refractivity (Wildman–Crippen MR) is 86.7 cm³/mol. The predicted octanol–water partition coefficient (Wildman–Crippen LogP) is 4.41. The second-order valence-electron chi connectivity index (χ2n) is 4.66. The molecule has 1 unspecified atom stereocenters. The maximum absolute atomic E-state index is 13.6. The van der Waals surface area contributed by atoms with Gasteiger partial charge in [0.05, 0.1) is 10.5 Å². The third kappa shape index (κ3) is 3.47. The van der Waals surface area contributed by atoms with Crippen LogP contribution in [-0.4, -0.2) is 0 Å². The molecule has 0 spiro atoms. The number of hydrazine groups is 1. The van der Waals surface area contributed by atoms with E-state index >= 15 is 0 Å². The standard InChI is InChI=1S/C15H15Br2FN2/c1-9-5-6-12(16)11(7-9)14(20-19)8-10-3-2-4-13(18)15(10)17/h2-7,14,20H,8,19H2,1H3. The normalized spacial score (nSPS) is 12.4. The summed E-state index contributed by atoms with van der Waals surface area (Å²) in [6.45, 7) is 2.03. The maximum Gasteiger partial charge on any atom is 0.137 e. The van der Waals surface area contributed by atoms with Crippen LogP contribution in [-0.2, 0) is 6.42 Å². The number of aryl methyl sites for hydroxylation is 1. The molecule has 106 valence electrons. The van der Waals surface area contributed by atoms with E-state index in [0.717, 1.165) is 21.2 Å². The van der Waals surface area contributed by atoms with Crippen LogP contribution in [0.25, 0.3) is 0 Å². The van der Waals surface area contributed by atoms with Crippen LogP contribution in [0.2, 0.25) is 0 Å². The van der Waals surface area contributed by atoms with E-state index in [1.54, 1.807) is 6.07 Å². The first-order valence-electron chi connectivity index (χ1n) is 6.18. The highest BCUT2D eigenvalue weighted by molar-refractivity contribution is 9.10. The van der Waals surface area contributed by atoms with E-state index in [1.807, 2.05) is 25.1 Å². The van der Waals surface area contributed by atoms with E-state index in [4.69, 9.17) is 5.84 Å². The molecule has 0 aromatic heterocycles. The summed E-state index contributed by atoms with van der Waals surface area (Å²) in [6.07, 6.45) is 0.594. The number of rotatable bonds is 4. The van der Waals surface area contributed by atoms with Gasteiger partial charge in [-0.1, -0.05) is 45.8 Å². The van der Waals surface area contributed by atoms with E-state index in [2.05, 4.69) is 43.4 Å². The Labute approximate surface area is 134 Å². The number of hydrogen-bond acceptors (Lipinski definition) is 2. The first kappa shape index (κ1) is 15.6. The first-order chi connectivity index (χ1) is 9.52. The molecule has 20 heavy (non-hydrogen) atoms. The number of halogens is 3. The van der Waals surface area contributed by atoms with Crippen molar-refractivity contribution in [3.05, 3.63) is 67.9 Å². The van der Waals surface area contributed by atoms with Crippen molar-refractivity contribution in [3.8, 4) is 0 Å². The lowest BCUT2D eigenvalue weighted by molar-refractivity contribution is 0.544. The van der Waals surface area contributed by atoms with Gasteiger partial charge in [-0.3, -0.25) is 11.3 Å². The lowest BCUT2D eigenvalue weighted by atomic mass is 9.98. The van der Waals surface area contributed by atoms with Gasteiger partial charge in [0, 0.05) is 4.47 Å². The van der Waals surface area contributed by atoms with Crippen molar-refractivity contribution >= 4 is 31.9 Å². The molecule has 0 heterocycles. The Morgan fingerprint density at radius 2 is 2.00 bits per heavy atom. The third-order valence-electron chi connectivity index (χ3n) is 3.18. The van der Waals surface area contributed by atoms with Crippen LogP contribution in [0.4, 0.5) is 4.39 Å². The zero-order valence-electron chi connectivity index (χ0n) is 11.0. The molecule has 1 atom stereocenters. The lowest BCUT2D eigenvalue weighted by Gasteiger charge is -2.19. The molecule has 0 aliphatic carbocycles. The molecule has 0 saturated carbocycles. The maximum atomic E-state index is 13.6. The molecule has 5 heteroatoms. The highest BCUT2D eigenvalue weighted by Crippen LogP contribution is 2.29. The fraction of sp³-hybridized carbons (Fsp3) is 0.200. The van der Waals surface area contributed by atoms with Crippen molar-refractivity contribution < 1.29 is 4.39 Å². The van der Waals surface area contributed by atoms with Crippen molar-refractivity contribution in [2.24, 2.45) is 5.84 Å². The minimum absolute atomic E-state index is 0.0950. The van der Waals surface area contributed by atoms with Gasteiger partial charge in [-0.05, 0) is 52.5 Å². The molecule has 0 aliphatic rings. The Balaban J connectivity index is 2.34. The molecule has 0 radical (unpaired) electrons. The van der Waals surface area contributed by atoms with Crippen LogP contribution in [0.15, 0.2) is 45.3 Å². The van der Waals surface area contributed by atoms with Crippen molar-refractivity contribution in [2.75, 3.05) is 0 Å². The topological polar surface area (TPSA) is 38.0 Å². The Kier molecular flexibility index (Phi) is 5.32. The fourth-order valence-electron chi connectivity index (χ4n) is 2.11. The van der Waals surface area contributed by atoms with Crippen LogP contribution < -0.4 is 11.3 Å². The quantitative estimate of drug-likeness (QED) is 0.588. The highest BCUT2D eigenvalue weighted by Gasteiger charge is 2.16. The number of hydrogen-bond donors (Lipinski definition) is 2. The molecule has 2 nitrogen and oxygen atoms in total. The van der Waals surface area contributed by atoms with Crippen molar-refractivity contribution in [3.63, 3.8) is 0 Å². The van der Waals surface area contributed by atoms with Gasteiger partial charge in [0.15, 0.2) is 0 Å². The molecular formula is C15H15Br2FN2. The van der Waals surface area contributed by atoms with Crippen LogP contribution in [0.1, 0.15) is 22.7 Å². The largest absolute Gasteiger partial charge is 0.271 e. The second kappa shape index (κ2) is 6.80. The van der Waals surface area contributed by atoms with Crippen molar-refractivity contribution in [1.82, 2.24) is 5.43 Å². The Morgan fingerprint density at radius 3 is 2.70 bits per heavy atom. The molecule has 2 aromatic rings. The van der Waals surface area contributed by atoms with E-state index < -0.39 is 0 Å². The second-order valence-corrected chi connectivity index (χ2v) is 6.31. The molecule has 0 bridgehead atoms. The average Bonchev–Trinajstić information content (AvgIpc) is 2.43. The monoisotopic (exact) mass is 400 g/mol. The minimum Gasteiger partial charge on any atom is -0.271 e. The first-order valence-corrected chi connectivity index (χ1v) is 7.76. The van der Waals surface area contributed by atoms with Gasteiger partial charge in [-0.25, -0.2) is 4.39 Å². The van der Waals surface area contributed by atoms with Gasteiger partial charge in [0.25, 0.3) is 0 Å². The van der Waals surface area contributed by atoms with Gasteiger partial charge in [0.2, 0.25) is 0 Å². The van der Waals surface area contributed by atoms with E-state index in [9.17, 15) is 4.39 Å². The summed E-state index contributed by atoms with van der Waals surface area (Å²) >= 11 is 6.82. The van der Waals surface area contributed by atoms with E-state index in [-0.39, 0.29) is 11.9 Å². The van der Waals surface area contributed by atoms with Gasteiger partial charge in [-0.15, -0.1) is 0 Å². The molecule has 0 saturated heterocycles. The fourth-order valence-corrected chi connectivity index (χ4v) is 3.06. The third-order valence-corrected chi connectivity index (χ3v) is 4.79. The smallest absolute Gasteiger partial charge is 0.137 e. The van der Waals surface area contributed by atoms with Crippen LogP contribution >= 0.6 is 31.9 Å². The number of nitrogens with one attached hydrogen (secondary N) is 1. The highest BCUT2D eigenvalue weighted by atomic mass is 79.9. The molecule has 2 rings (SSSR count). The summed E-state index contributed by atoms with van der Waals surface area (Å²) in [5.41, 5.74) is 5.90. The van der Waals surface area contributed by atoms with Gasteiger partial charge in [-0.2, -0.15) is 0 Å². The van der Waals surface area contributed by atoms with Crippen LogP contribution in [0.5, 0.6) is 0 Å². The minimum atomic E-state index is -0.262. The molecule has 2 aromatic carbocycles. The zero-order valence-corrected chi connectivity index (χ0v) is 14.1. The summed E-state index contributed by atoms with van der Waals surface area (Å²) in [7, 11) is 0. The molecule has 3 N–H and O–H groups in total. The van der Waals surface area contributed by atoms with E-state index in [0.29, 0.717) is 10.9 Å². The molecule has 0 amide bonds. The molecule has 0 aliphatic heterocycles. The summed E-state index contributed by atoms with van der Waals surface area (Å²) in [4.78, 5) is 0. The SMILES string of the molecule is Cc1ccc(Br)c(C(Cc2cccc(F)c2Br)NN)c1. The molecular weight excluding hydrogens is 387 g/mol. The average molecular weight is 402 g/mol. The Bertz CT molecular complexity index is 617. The van der Waals surface area contributed by atoms with Crippen LogP contribution in [0, 0.1) is 12.7 Å².